The molecule has 38 heavy (non-hydrogen) atoms. The number of nitrogens with zero attached hydrogens (tertiary/aromatic N) is 1. The largest absolute Gasteiger partial charge is 0.496 e. The maximum absolute atomic E-state index is 13.7. The van der Waals surface area contributed by atoms with Crippen LogP contribution in [-0.2, 0) is 22.6 Å². The van der Waals surface area contributed by atoms with Crippen LogP contribution in [0.2, 0.25) is 0 Å². The summed E-state index contributed by atoms with van der Waals surface area (Å²) in [5, 5.41) is 3.02. The van der Waals surface area contributed by atoms with E-state index in [9.17, 15) is 14.0 Å². The van der Waals surface area contributed by atoms with E-state index in [1.54, 1.807) is 30.3 Å². The van der Waals surface area contributed by atoms with E-state index >= 15 is 0 Å². The number of carbonyl (C=O) groups is 2. The summed E-state index contributed by atoms with van der Waals surface area (Å²) >= 11 is 0. The van der Waals surface area contributed by atoms with Crippen molar-refractivity contribution in [2.75, 3.05) is 20.8 Å². The van der Waals surface area contributed by atoms with Crippen molar-refractivity contribution >= 4 is 11.8 Å². The zero-order valence-electron chi connectivity index (χ0n) is 22.3. The second-order valence-corrected chi connectivity index (χ2v) is 9.01. The standard InChI is InChI=1S/C30H35FN2O5/c1-5-21(2)32-30(35)28(15-22-9-7-6-8-10-22)33(19-23-11-13-24(31)14-12-23)29(34)20-38-27-17-25(36-3)16-26(18-27)37-4/h6-14,16-18,21,28H,5,15,19-20H2,1-4H3,(H,32,35). The molecule has 2 amide bonds. The number of ether oxygens (including phenoxy) is 3. The van der Waals surface area contributed by atoms with Crippen LogP contribution in [0.1, 0.15) is 31.4 Å². The fraction of sp³-hybridized carbons (Fsp3) is 0.333. The van der Waals surface area contributed by atoms with E-state index in [1.807, 2.05) is 44.2 Å². The van der Waals surface area contributed by atoms with Gasteiger partial charge >= 0.3 is 0 Å². The van der Waals surface area contributed by atoms with E-state index in [0.717, 1.165) is 12.0 Å². The summed E-state index contributed by atoms with van der Waals surface area (Å²) in [5.74, 6) is 0.394. The average Bonchev–Trinajstić information content (AvgIpc) is 2.94. The second-order valence-electron chi connectivity index (χ2n) is 9.01. The first kappa shape index (κ1) is 28.5. The predicted molar refractivity (Wildman–Crippen MR) is 144 cm³/mol. The smallest absolute Gasteiger partial charge is 0.261 e. The van der Waals surface area contributed by atoms with Gasteiger partial charge in [-0.15, -0.1) is 0 Å². The van der Waals surface area contributed by atoms with Gasteiger partial charge in [0.05, 0.1) is 14.2 Å². The van der Waals surface area contributed by atoms with Gasteiger partial charge in [0, 0.05) is 37.2 Å². The van der Waals surface area contributed by atoms with Crippen LogP contribution in [0, 0.1) is 5.82 Å². The van der Waals surface area contributed by atoms with Crippen LogP contribution in [0.25, 0.3) is 0 Å². The first-order valence-corrected chi connectivity index (χ1v) is 12.6. The maximum Gasteiger partial charge on any atom is 0.261 e. The Kier molecular flexibility index (Phi) is 10.5. The van der Waals surface area contributed by atoms with Gasteiger partial charge in [0.2, 0.25) is 5.91 Å². The lowest BCUT2D eigenvalue weighted by Gasteiger charge is -2.32. The number of carbonyl (C=O) groups excluding carboxylic acids is 2. The Morgan fingerprint density at radius 1 is 0.895 bits per heavy atom. The molecule has 3 rings (SSSR count). The van der Waals surface area contributed by atoms with Crippen LogP contribution in [0.15, 0.2) is 72.8 Å². The summed E-state index contributed by atoms with van der Waals surface area (Å²) in [7, 11) is 3.05. The molecule has 2 atom stereocenters. The number of benzene rings is 3. The van der Waals surface area contributed by atoms with Gasteiger partial charge in [-0.2, -0.15) is 0 Å². The Hall–Kier alpha value is -4.07. The van der Waals surface area contributed by atoms with Crippen molar-refractivity contribution in [1.82, 2.24) is 10.2 Å². The highest BCUT2D eigenvalue weighted by atomic mass is 19.1. The lowest BCUT2D eigenvalue weighted by Crippen LogP contribution is -2.53. The molecule has 0 aliphatic carbocycles. The predicted octanol–water partition coefficient (Wildman–Crippen LogP) is 4.78. The molecule has 8 heteroatoms. The molecule has 0 aliphatic heterocycles. The van der Waals surface area contributed by atoms with E-state index in [-0.39, 0.29) is 30.9 Å². The summed E-state index contributed by atoms with van der Waals surface area (Å²) < 4.78 is 30.0. The molecule has 1 N–H and O–H groups in total. The van der Waals surface area contributed by atoms with E-state index < -0.39 is 11.9 Å². The van der Waals surface area contributed by atoms with E-state index in [4.69, 9.17) is 14.2 Å². The van der Waals surface area contributed by atoms with Crippen LogP contribution in [0.3, 0.4) is 0 Å². The average molecular weight is 523 g/mol. The van der Waals surface area contributed by atoms with Crippen molar-refractivity contribution in [3.63, 3.8) is 0 Å². The summed E-state index contributed by atoms with van der Waals surface area (Å²) in [5.41, 5.74) is 1.60. The topological polar surface area (TPSA) is 77.1 Å². The maximum atomic E-state index is 13.7. The van der Waals surface area contributed by atoms with Gasteiger partial charge in [0.25, 0.3) is 5.91 Å². The number of rotatable bonds is 13. The third kappa shape index (κ3) is 8.23. The molecule has 0 radical (unpaired) electrons. The Bertz CT molecular complexity index is 1160. The Labute approximate surface area is 223 Å². The number of amides is 2. The Balaban J connectivity index is 1.92. The van der Waals surface area contributed by atoms with Crippen molar-refractivity contribution < 1.29 is 28.2 Å². The molecule has 7 nitrogen and oxygen atoms in total. The number of hydrogen-bond acceptors (Lipinski definition) is 5. The van der Waals surface area contributed by atoms with Gasteiger partial charge in [-0.1, -0.05) is 49.4 Å². The van der Waals surface area contributed by atoms with Gasteiger partial charge in [-0.3, -0.25) is 9.59 Å². The van der Waals surface area contributed by atoms with Crippen LogP contribution in [0.4, 0.5) is 4.39 Å². The molecule has 0 heterocycles. The molecule has 0 saturated heterocycles. The van der Waals surface area contributed by atoms with Crippen molar-refractivity contribution in [2.24, 2.45) is 0 Å². The monoisotopic (exact) mass is 522 g/mol. The Morgan fingerprint density at radius 2 is 1.50 bits per heavy atom. The molecular formula is C30H35FN2O5. The number of halogens is 1. The molecular weight excluding hydrogens is 487 g/mol. The molecule has 3 aromatic rings. The van der Waals surface area contributed by atoms with Crippen molar-refractivity contribution in [3.8, 4) is 17.2 Å². The van der Waals surface area contributed by atoms with Crippen LogP contribution < -0.4 is 19.5 Å². The van der Waals surface area contributed by atoms with Crippen LogP contribution in [-0.4, -0.2) is 49.6 Å². The third-order valence-electron chi connectivity index (χ3n) is 6.23. The normalized spacial score (nSPS) is 12.2. The quantitative estimate of drug-likeness (QED) is 0.350. The van der Waals surface area contributed by atoms with Crippen LogP contribution >= 0.6 is 0 Å². The van der Waals surface area contributed by atoms with E-state index in [1.165, 1.54) is 31.3 Å². The fourth-order valence-corrected chi connectivity index (χ4v) is 3.87. The first-order valence-electron chi connectivity index (χ1n) is 12.6. The van der Waals surface area contributed by atoms with E-state index in [0.29, 0.717) is 29.2 Å². The summed E-state index contributed by atoms with van der Waals surface area (Å²) in [4.78, 5) is 28.7. The van der Waals surface area contributed by atoms with Gasteiger partial charge in [-0.05, 0) is 36.6 Å². The zero-order chi connectivity index (χ0) is 27.5. The highest BCUT2D eigenvalue weighted by Crippen LogP contribution is 2.27. The lowest BCUT2D eigenvalue weighted by atomic mass is 10.0. The number of methoxy groups -OCH3 is 2. The molecule has 2 unspecified atom stereocenters. The first-order chi connectivity index (χ1) is 18.3. The fourth-order valence-electron chi connectivity index (χ4n) is 3.87. The van der Waals surface area contributed by atoms with Gasteiger partial charge in [-0.25, -0.2) is 4.39 Å². The van der Waals surface area contributed by atoms with Gasteiger partial charge < -0.3 is 24.4 Å². The molecule has 3 aromatic carbocycles. The summed E-state index contributed by atoms with van der Waals surface area (Å²) in [6.07, 6.45) is 1.06. The molecule has 202 valence electrons. The van der Waals surface area contributed by atoms with Crippen LogP contribution in [0.5, 0.6) is 17.2 Å². The van der Waals surface area contributed by atoms with Crippen molar-refractivity contribution in [3.05, 3.63) is 89.7 Å². The SMILES string of the molecule is CCC(C)NC(=O)C(Cc1ccccc1)N(Cc1ccc(F)cc1)C(=O)COc1cc(OC)cc(OC)c1. The summed E-state index contributed by atoms with van der Waals surface area (Å²) in [6, 6.07) is 19.5. The molecule has 0 saturated carbocycles. The number of hydrogen-bond donors (Lipinski definition) is 1. The molecule has 0 aromatic heterocycles. The molecule has 0 bridgehead atoms. The number of nitrogens with one attached hydrogen (secondary N) is 1. The van der Waals surface area contributed by atoms with Crippen molar-refractivity contribution in [2.45, 2.75) is 45.3 Å². The molecule has 0 fully saturated rings. The van der Waals surface area contributed by atoms with Gasteiger partial charge in [0.1, 0.15) is 29.1 Å². The molecule has 0 aliphatic rings. The Morgan fingerprint density at radius 3 is 2.08 bits per heavy atom. The minimum atomic E-state index is -0.813. The highest BCUT2D eigenvalue weighted by molar-refractivity contribution is 5.88. The minimum Gasteiger partial charge on any atom is -0.496 e. The lowest BCUT2D eigenvalue weighted by molar-refractivity contribution is -0.143. The third-order valence-corrected chi connectivity index (χ3v) is 6.23. The second kappa shape index (κ2) is 14.0. The van der Waals surface area contributed by atoms with Gasteiger partial charge in [0.15, 0.2) is 6.61 Å². The molecule has 0 spiro atoms. The summed E-state index contributed by atoms with van der Waals surface area (Å²) in [6.45, 7) is 3.69. The highest BCUT2D eigenvalue weighted by Gasteiger charge is 2.31. The zero-order valence-corrected chi connectivity index (χ0v) is 22.3. The minimum absolute atomic E-state index is 0.0657. The van der Waals surface area contributed by atoms with E-state index in [2.05, 4.69) is 5.32 Å². The van der Waals surface area contributed by atoms with Crippen molar-refractivity contribution in [1.29, 1.82) is 0 Å².